The summed E-state index contributed by atoms with van der Waals surface area (Å²) >= 11 is 0. The molecular formula is C15H27N5O. The van der Waals surface area contributed by atoms with Crippen LogP contribution in [0.2, 0.25) is 0 Å². The number of aliphatic imine (C=N–C) groups is 1. The lowest BCUT2D eigenvalue weighted by Crippen LogP contribution is -2.38. The van der Waals surface area contributed by atoms with E-state index in [1.165, 1.54) is 5.56 Å². The second-order valence-electron chi connectivity index (χ2n) is 5.41. The summed E-state index contributed by atoms with van der Waals surface area (Å²) in [5, 5.41) is 10.8. The first kappa shape index (κ1) is 15.8. The molecule has 1 aliphatic heterocycles. The van der Waals surface area contributed by atoms with Gasteiger partial charge in [-0.2, -0.15) is 5.10 Å². The van der Waals surface area contributed by atoms with Gasteiger partial charge in [0.05, 0.1) is 18.8 Å². The summed E-state index contributed by atoms with van der Waals surface area (Å²) in [6.45, 7) is 5.50. The molecule has 1 aliphatic rings. The third-order valence-corrected chi connectivity index (χ3v) is 3.51. The van der Waals surface area contributed by atoms with Crippen molar-refractivity contribution in [3.8, 4) is 0 Å². The van der Waals surface area contributed by atoms with Crippen molar-refractivity contribution in [3.63, 3.8) is 0 Å². The van der Waals surface area contributed by atoms with Crippen LogP contribution in [-0.2, 0) is 18.2 Å². The van der Waals surface area contributed by atoms with Crippen molar-refractivity contribution in [1.82, 2.24) is 20.4 Å². The van der Waals surface area contributed by atoms with Crippen LogP contribution in [0.1, 0.15) is 31.7 Å². The van der Waals surface area contributed by atoms with Gasteiger partial charge in [0.15, 0.2) is 5.96 Å². The number of ether oxygens (including phenoxy) is 1. The van der Waals surface area contributed by atoms with Gasteiger partial charge in [-0.25, -0.2) is 0 Å². The Morgan fingerprint density at radius 3 is 3.10 bits per heavy atom. The van der Waals surface area contributed by atoms with Crippen molar-refractivity contribution < 1.29 is 4.74 Å². The van der Waals surface area contributed by atoms with Gasteiger partial charge in [0.2, 0.25) is 0 Å². The highest BCUT2D eigenvalue weighted by molar-refractivity contribution is 5.79. The Labute approximate surface area is 127 Å². The summed E-state index contributed by atoms with van der Waals surface area (Å²) in [7, 11) is 1.95. The van der Waals surface area contributed by atoms with Gasteiger partial charge in [-0.05, 0) is 38.2 Å². The molecule has 0 saturated carbocycles. The van der Waals surface area contributed by atoms with Gasteiger partial charge in [0.25, 0.3) is 0 Å². The Balaban J connectivity index is 1.67. The molecule has 1 saturated heterocycles. The number of nitrogens with one attached hydrogen (secondary N) is 2. The first-order valence-corrected chi connectivity index (χ1v) is 7.89. The smallest absolute Gasteiger partial charge is 0.191 e. The second kappa shape index (κ2) is 8.67. The molecule has 1 aromatic heterocycles. The predicted octanol–water partition coefficient (Wildman–Crippen LogP) is 1.09. The molecule has 0 radical (unpaired) electrons. The summed E-state index contributed by atoms with van der Waals surface area (Å²) in [6.07, 6.45) is 8.69. The summed E-state index contributed by atoms with van der Waals surface area (Å²) in [5.74, 6) is 0.888. The summed E-state index contributed by atoms with van der Waals surface area (Å²) in [6, 6.07) is 0. The Hall–Kier alpha value is -1.56. The van der Waals surface area contributed by atoms with Gasteiger partial charge in [0.1, 0.15) is 0 Å². The molecule has 6 nitrogen and oxygen atoms in total. The lowest BCUT2D eigenvalue weighted by molar-refractivity contribution is 0.117. The topological polar surface area (TPSA) is 63.5 Å². The summed E-state index contributed by atoms with van der Waals surface area (Å²) in [4.78, 5) is 4.60. The standard InChI is InChI=1S/C15H27N5O/c1-3-16-15(18-11-14-7-5-9-21-14)17-8-4-6-13-10-19-20(2)12-13/h10,12,14H,3-9,11H2,1-2H3,(H2,16,17,18). The van der Waals surface area contributed by atoms with Gasteiger partial charge in [-0.1, -0.05) is 0 Å². The quantitative estimate of drug-likeness (QED) is 0.449. The minimum atomic E-state index is 0.302. The molecule has 1 atom stereocenters. The van der Waals surface area contributed by atoms with Crippen LogP contribution >= 0.6 is 0 Å². The van der Waals surface area contributed by atoms with Crippen molar-refractivity contribution in [2.75, 3.05) is 26.2 Å². The zero-order chi connectivity index (χ0) is 14.9. The molecule has 0 aromatic carbocycles. The minimum absolute atomic E-state index is 0.302. The third-order valence-electron chi connectivity index (χ3n) is 3.51. The molecule has 0 bridgehead atoms. The fraction of sp³-hybridized carbons (Fsp3) is 0.733. The van der Waals surface area contributed by atoms with Gasteiger partial charge >= 0.3 is 0 Å². The van der Waals surface area contributed by atoms with E-state index in [0.29, 0.717) is 6.10 Å². The zero-order valence-corrected chi connectivity index (χ0v) is 13.1. The van der Waals surface area contributed by atoms with E-state index >= 15 is 0 Å². The van der Waals surface area contributed by atoms with Crippen LogP contribution in [0.25, 0.3) is 0 Å². The normalized spacial score (nSPS) is 19.0. The van der Waals surface area contributed by atoms with Crippen LogP contribution in [0.4, 0.5) is 0 Å². The number of rotatable bonds is 7. The maximum Gasteiger partial charge on any atom is 0.191 e. The van der Waals surface area contributed by atoms with Crippen molar-refractivity contribution in [2.24, 2.45) is 12.0 Å². The number of hydrogen-bond acceptors (Lipinski definition) is 3. The Morgan fingerprint density at radius 1 is 1.52 bits per heavy atom. The molecule has 1 fully saturated rings. The van der Waals surface area contributed by atoms with E-state index in [1.54, 1.807) is 0 Å². The van der Waals surface area contributed by atoms with Crippen LogP contribution in [0.15, 0.2) is 17.4 Å². The van der Waals surface area contributed by atoms with E-state index in [1.807, 2.05) is 17.9 Å². The van der Waals surface area contributed by atoms with Gasteiger partial charge in [-0.15, -0.1) is 0 Å². The molecule has 1 unspecified atom stereocenters. The highest BCUT2D eigenvalue weighted by Crippen LogP contribution is 2.11. The van der Waals surface area contributed by atoms with Crippen LogP contribution < -0.4 is 10.6 Å². The van der Waals surface area contributed by atoms with Crippen molar-refractivity contribution >= 4 is 5.96 Å². The first-order valence-electron chi connectivity index (χ1n) is 7.89. The maximum absolute atomic E-state index is 5.60. The first-order chi connectivity index (χ1) is 10.3. The highest BCUT2D eigenvalue weighted by atomic mass is 16.5. The van der Waals surface area contributed by atoms with Crippen LogP contribution in [0.5, 0.6) is 0 Å². The molecule has 6 heteroatoms. The molecule has 0 amide bonds. The number of aryl methyl sites for hydroxylation is 2. The fourth-order valence-corrected chi connectivity index (χ4v) is 2.42. The molecule has 21 heavy (non-hydrogen) atoms. The molecule has 0 aliphatic carbocycles. The number of aromatic nitrogens is 2. The molecule has 2 heterocycles. The van der Waals surface area contributed by atoms with E-state index in [4.69, 9.17) is 4.74 Å². The van der Waals surface area contributed by atoms with E-state index in [9.17, 15) is 0 Å². The molecule has 118 valence electrons. The van der Waals surface area contributed by atoms with Gasteiger partial charge in [-0.3, -0.25) is 9.67 Å². The molecule has 2 rings (SSSR count). The van der Waals surface area contributed by atoms with E-state index in [2.05, 4.69) is 33.8 Å². The van der Waals surface area contributed by atoms with Crippen LogP contribution in [0.3, 0.4) is 0 Å². The summed E-state index contributed by atoms with van der Waals surface area (Å²) < 4.78 is 7.44. The fourth-order valence-electron chi connectivity index (χ4n) is 2.42. The number of nitrogens with zero attached hydrogens (tertiary/aromatic N) is 3. The van der Waals surface area contributed by atoms with Crippen LogP contribution in [-0.4, -0.2) is 48.1 Å². The third kappa shape index (κ3) is 5.75. The number of guanidine groups is 1. The minimum Gasteiger partial charge on any atom is -0.376 e. The lowest BCUT2D eigenvalue weighted by atomic mass is 10.2. The van der Waals surface area contributed by atoms with Gasteiger partial charge < -0.3 is 15.4 Å². The Kier molecular flexibility index (Phi) is 6.53. The summed E-state index contributed by atoms with van der Waals surface area (Å²) in [5.41, 5.74) is 1.28. The Morgan fingerprint density at radius 2 is 2.43 bits per heavy atom. The van der Waals surface area contributed by atoms with E-state index < -0.39 is 0 Å². The van der Waals surface area contributed by atoms with Crippen LogP contribution in [0, 0.1) is 0 Å². The molecule has 2 N–H and O–H groups in total. The van der Waals surface area contributed by atoms with Crippen molar-refractivity contribution in [2.45, 2.75) is 38.7 Å². The largest absolute Gasteiger partial charge is 0.376 e. The molecular weight excluding hydrogens is 266 g/mol. The average Bonchev–Trinajstić information content (AvgIpc) is 3.12. The lowest BCUT2D eigenvalue weighted by Gasteiger charge is -2.12. The Bertz CT molecular complexity index is 437. The van der Waals surface area contributed by atoms with E-state index in [0.717, 1.165) is 57.9 Å². The van der Waals surface area contributed by atoms with Crippen molar-refractivity contribution in [1.29, 1.82) is 0 Å². The average molecular weight is 293 g/mol. The predicted molar refractivity (Wildman–Crippen MR) is 84.5 cm³/mol. The maximum atomic E-state index is 5.60. The zero-order valence-electron chi connectivity index (χ0n) is 13.1. The second-order valence-corrected chi connectivity index (χ2v) is 5.41. The molecule has 1 aromatic rings. The van der Waals surface area contributed by atoms with E-state index in [-0.39, 0.29) is 0 Å². The van der Waals surface area contributed by atoms with Crippen molar-refractivity contribution in [3.05, 3.63) is 18.0 Å². The van der Waals surface area contributed by atoms with Gasteiger partial charge in [0, 0.05) is 32.9 Å². The number of hydrogen-bond donors (Lipinski definition) is 2. The SMILES string of the molecule is CCNC(=NCC1CCCO1)NCCCc1cnn(C)c1. The molecule has 0 spiro atoms. The highest BCUT2D eigenvalue weighted by Gasteiger charge is 2.14. The monoisotopic (exact) mass is 293 g/mol.